The molecule has 2 fully saturated rings. The summed E-state index contributed by atoms with van der Waals surface area (Å²) in [6.07, 6.45) is 1.37. The van der Waals surface area contributed by atoms with Gasteiger partial charge in [-0.3, -0.25) is 4.79 Å². The third-order valence-corrected chi connectivity index (χ3v) is 7.19. The zero-order valence-electron chi connectivity index (χ0n) is 21.7. The predicted molar refractivity (Wildman–Crippen MR) is 137 cm³/mol. The van der Waals surface area contributed by atoms with E-state index < -0.39 is 61.0 Å². The molecule has 10 atom stereocenters. The summed E-state index contributed by atoms with van der Waals surface area (Å²) in [7, 11) is 0. The van der Waals surface area contributed by atoms with Gasteiger partial charge in [0.05, 0.1) is 30.2 Å². The first-order valence-electron chi connectivity index (χ1n) is 13.4. The molecular weight excluding hydrogens is 498 g/mol. The largest absolute Gasteiger partial charge is 0.390 e. The monoisotopic (exact) mass is 543 g/mol. The number of nitrogens with zero attached hydrogens (tertiary/aromatic N) is 1. The summed E-state index contributed by atoms with van der Waals surface area (Å²) in [5.41, 5.74) is 24.6. The van der Waals surface area contributed by atoms with Crippen LogP contribution in [0.3, 0.4) is 0 Å². The molecule has 218 valence electrons. The number of carbonyl (C=O) groups is 1. The predicted octanol–water partition coefficient (Wildman–Crippen LogP) is -3.06. The molecule has 0 spiro atoms. The van der Waals surface area contributed by atoms with Gasteiger partial charge in [0, 0.05) is 38.4 Å². The summed E-state index contributed by atoms with van der Waals surface area (Å²) in [5.74, 6) is -0.202. The number of hydrogen-bond acceptors (Lipinski definition) is 12. The fraction of sp³-hybridized carbons (Fsp3) is 0.833. The summed E-state index contributed by atoms with van der Waals surface area (Å²) in [6, 6.07) is -2.08. The molecule has 2 heterocycles. The van der Waals surface area contributed by atoms with Crippen LogP contribution in [0.2, 0.25) is 0 Å². The molecule has 1 aliphatic heterocycles. The average Bonchev–Trinajstić information content (AvgIpc) is 3.41. The smallest absolute Gasteiger partial charge is 0.237 e. The highest BCUT2D eigenvalue weighted by molar-refractivity contribution is 5.81. The lowest BCUT2D eigenvalue weighted by Crippen LogP contribution is -2.65. The van der Waals surface area contributed by atoms with Crippen molar-refractivity contribution in [2.45, 2.75) is 106 Å². The van der Waals surface area contributed by atoms with Crippen molar-refractivity contribution in [1.29, 1.82) is 0 Å². The van der Waals surface area contributed by atoms with Crippen molar-refractivity contribution in [3.8, 4) is 0 Å². The lowest BCUT2D eigenvalue weighted by molar-refractivity contribution is -0.290. The van der Waals surface area contributed by atoms with Gasteiger partial charge in [-0.25, -0.2) is 4.98 Å². The first kappa shape index (κ1) is 30.8. The number of nitrogens with two attached hydrogens (primary N) is 4. The van der Waals surface area contributed by atoms with Crippen LogP contribution in [0.4, 0.5) is 0 Å². The van der Waals surface area contributed by atoms with Gasteiger partial charge in [-0.2, -0.15) is 0 Å². The van der Waals surface area contributed by atoms with Gasteiger partial charge in [0.15, 0.2) is 6.29 Å². The Morgan fingerprint density at radius 2 is 1.92 bits per heavy atom. The van der Waals surface area contributed by atoms with Crippen LogP contribution in [0.25, 0.3) is 0 Å². The van der Waals surface area contributed by atoms with Gasteiger partial charge in [0.1, 0.15) is 30.5 Å². The van der Waals surface area contributed by atoms with E-state index in [2.05, 4.69) is 15.3 Å². The van der Waals surface area contributed by atoms with Crippen LogP contribution in [0.15, 0.2) is 12.5 Å². The van der Waals surface area contributed by atoms with E-state index >= 15 is 0 Å². The maximum absolute atomic E-state index is 12.1. The Labute approximate surface area is 222 Å². The van der Waals surface area contributed by atoms with Crippen molar-refractivity contribution in [3.05, 3.63) is 18.2 Å². The van der Waals surface area contributed by atoms with Crippen molar-refractivity contribution in [1.82, 2.24) is 15.3 Å². The normalized spacial score (nSPS) is 34.7. The molecule has 14 nitrogen and oxygen atoms in total. The van der Waals surface area contributed by atoms with Gasteiger partial charge >= 0.3 is 0 Å². The number of nitrogens with one attached hydrogen (secondary N) is 2. The Bertz CT molecular complexity index is 818. The van der Waals surface area contributed by atoms with Gasteiger partial charge < -0.3 is 62.8 Å². The van der Waals surface area contributed by atoms with Crippen LogP contribution in [-0.2, 0) is 25.4 Å². The zero-order chi connectivity index (χ0) is 27.7. The standard InChI is InChI=1S/C24H45N7O7/c25-10-17-19(33)20(34)18(28)24(37-17)38-21-14(26)5-6-16(32)22(21)36-8-4-2-1-3-7-30-23(35)15(27)9-13-11-29-12-31-13/h11-12,14-22,24,32-34H,1-10,25-28H2,(H,29,31)(H,30,35). The topological polar surface area (TPSA) is 250 Å². The molecule has 1 amide bonds. The van der Waals surface area contributed by atoms with E-state index in [0.29, 0.717) is 32.4 Å². The molecule has 1 saturated heterocycles. The zero-order valence-corrected chi connectivity index (χ0v) is 21.7. The summed E-state index contributed by atoms with van der Waals surface area (Å²) in [6.45, 7) is 0.900. The molecule has 14 heteroatoms. The summed E-state index contributed by atoms with van der Waals surface area (Å²) >= 11 is 0. The van der Waals surface area contributed by atoms with Crippen molar-refractivity contribution >= 4 is 5.91 Å². The van der Waals surface area contributed by atoms with Crippen molar-refractivity contribution in [3.63, 3.8) is 0 Å². The number of aromatic amines is 1. The van der Waals surface area contributed by atoms with Crippen LogP contribution in [-0.4, -0.2) is 112 Å². The number of imidazole rings is 1. The molecule has 1 aromatic heterocycles. The van der Waals surface area contributed by atoms with Crippen LogP contribution >= 0.6 is 0 Å². The summed E-state index contributed by atoms with van der Waals surface area (Å²) < 4.78 is 17.7. The number of aliphatic hydroxyl groups excluding tert-OH is 3. The molecule has 3 rings (SSSR count). The number of rotatable bonds is 14. The fourth-order valence-electron chi connectivity index (χ4n) is 4.83. The minimum Gasteiger partial charge on any atom is -0.390 e. The molecule has 1 aliphatic carbocycles. The van der Waals surface area contributed by atoms with Gasteiger partial charge in [-0.15, -0.1) is 0 Å². The highest BCUT2D eigenvalue weighted by Crippen LogP contribution is 2.29. The number of amides is 1. The molecule has 13 N–H and O–H groups in total. The van der Waals surface area contributed by atoms with Gasteiger partial charge in [0.25, 0.3) is 0 Å². The number of ether oxygens (including phenoxy) is 3. The van der Waals surface area contributed by atoms with Crippen molar-refractivity contribution in [2.24, 2.45) is 22.9 Å². The van der Waals surface area contributed by atoms with E-state index in [1.807, 2.05) is 0 Å². The minimum absolute atomic E-state index is 0.0222. The van der Waals surface area contributed by atoms with Crippen LogP contribution in [0.1, 0.15) is 44.2 Å². The number of carbonyl (C=O) groups excluding carboxylic acids is 1. The van der Waals surface area contributed by atoms with Crippen LogP contribution in [0, 0.1) is 0 Å². The quantitative estimate of drug-likeness (QED) is 0.106. The van der Waals surface area contributed by atoms with Gasteiger partial charge in [-0.1, -0.05) is 12.8 Å². The number of unbranched alkanes of at least 4 members (excludes halogenated alkanes) is 3. The van der Waals surface area contributed by atoms with E-state index in [1.54, 1.807) is 12.5 Å². The Morgan fingerprint density at radius 1 is 1.16 bits per heavy atom. The second-order valence-corrected chi connectivity index (χ2v) is 10.2. The van der Waals surface area contributed by atoms with E-state index in [4.69, 9.17) is 37.1 Å². The SMILES string of the molecule is NCC1OC(OC2C(N)CCC(O)C2OCCCCCCNC(=O)C(N)Cc2c[nH]cn2)C(N)C(O)C1O. The van der Waals surface area contributed by atoms with E-state index in [-0.39, 0.29) is 12.5 Å². The number of hydrogen-bond donors (Lipinski definition) is 9. The highest BCUT2D eigenvalue weighted by Gasteiger charge is 2.47. The summed E-state index contributed by atoms with van der Waals surface area (Å²) in [4.78, 5) is 19.0. The molecular formula is C24H45N7O7. The number of aliphatic hydroxyl groups is 3. The molecule has 0 radical (unpaired) electrons. The Kier molecular flexibility index (Phi) is 12.3. The highest BCUT2D eigenvalue weighted by atomic mass is 16.7. The van der Waals surface area contributed by atoms with Crippen LogP contribution < -0.4 is 28.3 Å². The number of H-pyrrole nitrogens is 1. The second kappa shape index (κ2) is 15.2. The molecule has 38 heavy (non-hydrogen) atoms. The van der Waals surface area contributed by atoms with Crippen LogP contribution in [0.5, 0.6) is 0 Å². The first-order chi connectivity index (χ1) is 18.2. The maximum atomic E-state index is 12.1. The Balaban J connectivity index is 1.36. The molecule has 10 unspecified atom stereocenters. The van der Waals surface area contributed by atoms with Gasteiger partial charge in [0.2, 0.25) is 5.91 Å². The lowest BCUT2D eigenvalue weighted by atomic mass is 9.87. The third-order valence-electron chi connectivity index (χ3n) is 7.19. The summed E-state index contributed by atoms with van der Waals surface area (Å²) in [5, 5.41) is 33.8. The maximum Gasteiger partial charge on any atom is 0.237 e. The van der Waals surface area contributed by atoms with E-state index in [0.717, 1.165) is 31.4 Å². The molecule has 0 aromatic carbocycles. The number of aromatic nitrogens is 2. The van der Waals surface area contributed by atoms with Gasteiger partial charge in [-0.05, 0) is 25.7 Å². The third kappa shape index (κ3) is 8.39. The van der Waals surface area contributed by atoms with E-state index in [9.17, 15) is 20.1 Å². The molecule has 1 aromatic rings. The molecule has 2 aliphatic rings. The average molecular weight is 544 g/mol. The van der Waals surface area contributed by atoms with Crippen molar-refractivity contribution < 1.29 is 34.3 Å². The first-order valence-corrected chi connectivity index (χ1v) is 13.4. The second-order valence-electron chi connectivity index (χ2n) is 10.2. The molecule has 1 saturated carbocycles. The van der Waals surface area contributed by atoms with Crippen molar-refractivity contribution in [2.75, 3.05) is 19.7 Å². The molecule has 0 bridgehead atoms. The lowest BCUT2D eigenvalue weighted by Gasteiger charge is -2.45. The minimum atomic E-state index is -1.27. The fourth-order valence-corrected chi connectivity index (χ4v) is 4.83. The van der Waals surface area contributed by atoms with E-state index in [1.165, 1.54) is 0 Å². The Hall–Kier alpha value is -1.72. The Morgan fingerprint density at radius 3 is 2.63 bits per heavy atom.